The maximum absolute atomic E-state index is 11.2. The van der Waals surface area contributed by atoms with Gasteiger partial charge in [-0.3, -0.25) is 4.79 Å². The molecule has 0 spiro atoms. The van der Waals surface area contributed by atoms with Crippen LogP contribution in [0.2, 0.25) is 0 Å². The number of carbonyl (C=O) groups is 1. The van der Waals surface area contributed by atoms with E-state index < -0.39 is 6.04 Å². The highest BCUT2D eigenvalue weighted by Crippen LogP contribution is 2.02. The molecule has 0 unspecified atom stereocenters. The molecule has 0 bridgehead atoms. The Morgan fingerprint density at radius 3 is 2.44 bits per heavy atom. The molecule has 0 aliphatic heterocycles. The molecule has 0 fully saturated rings. The zero-order valence-corrected chi connectivity index (χ0v) is 10.5. The monoisotopic (exact) mass is 242 g/mol. The van der Waals surface area contributed by atoms with Crippen LogP contribution in [0.25, 0.3) is 0 Å². The van der Waals surface area contributed by atoms with Crippen molar-refractivity contribution in [2.75, 3.05) is 6.54 Å². The number of amides is 1. The molecule has 0 saturated heterocycles. The SMILES string of the molecule is Cc1ccc(CCNC(=O)[C@H](C)N)cc1.Cl. The van der Waals surface area contributed by atoms with Crippen molar-refractivity contribution in [1.29, 1.82) is 0 Å². The van der Waals surface area contributed by atoms with E-state index in [1.807, 2.05) is 0 Å². The van der Waals surface area contributed by atoms with Crippen LogP contribution in [0.4, 0.5) is 0 Å². The Hall–Kier alpha value is -1.06. The van der Waals surface area contributed by atoms with E-state index in [9.17, 15) is 4.79 Å². The van der Waals surface area contributed by atoms with Gasteiger partial charge in [0.1, 0.15) is 0 Å². The summed E-state index contributed by atoms with van der Waals surface area (Å²) in [5, 5.41) is 2.78. The van der Waals surface area contributed by atoms with Crippen molar-refractivity contribution in [1.82, 2.24) is 5.32 Å². The molecule has 90 valence electrons. The third-order valence-electron chi connectivity index (χ3n) is 2.25. The minimum atomic E-state index is -0.428. The van der Waals surface area contributed by atoms with Gasteiger partial charge in [-0.2, -0.15) is 0 Å². The summed E-state index contributed by atoms with van der Waals surface area (Å²) in [6, 6.07) is 7.87. The molecule has 0 radical (unpaired) electrons. The number of nitrogens with one attached hydrogen (secondary N) is 1. The molecule has 4 heteroatoms. The molecule has 1 aromatic rings. The molecule has 1 rings (SSSR count). The van der Waals surface area contributed by atoms with Gasteiger partial charge in [0.25, 0.3) is 0 Å². The molecule has 0 aromatic heterocycles. The second-order valence-corrected chi connectivity index (χ2v) is 3.82. The van der Waals surface area contributed by atoms with Crippen LogP contribution in [0, 0.1) is 6.92 Å². The summed E-state index contributed by atoms with van der Waals surface area (Å²) in [7, 11) is 0. The number of hydrogen-bond donors (Lipinski definition) is 2. The van der Waals surface area contributed by atoms with Gasteiger partial charge in [0, 0.05) is 6.54 Å². The molecule has 0 aliphatic rings. The fourth-order valence-corrected chi connectivity index (χ4v) is 1.25. The molecule has 1 aromatic carbocycles. The first-order valence-electron chi connectivity index (χ1n) is 5.18. The van der Waals surface area contributed by atoms with Crippen LogP contribution in [-0.4, -0.2) is 18.5 Å². The molecule has 3 nitrogen and oxygen atoms in total. The van der Waals surface area contributed by atoms with E-state index in [2.05, 4.69) is 36.5 Å². The van der Waals surface area contributed by atoms with Gasteiger partial charge in [-0.05, 0) is 25.8 Å². The number of benzene rings is 1. The van der Waals surface area contributed by atoms with Crippen molar-refractivity contribution in [3.05, 3.63) is 35.4 Å². The fraction of sp³-hybridized carbons (Fsp3) is 0.417. The Kier molecular flexibility index (Phi) is 6.77. The van der Waals surface area contributed by atoms with Gasteiger partial charge in [-0.25, -0.2) is 0 Å². The summed E-state index contributed by atoms with van der Waals surface area (Å²) >= 11 is 0. The van der Waals surface area contributed by atoms with Crippen molar-refractivity contribution in [3.8, 4) is 0 Å². The molecule has 0 heterocycles. The van der Waals surface area contributed by atoms with Gasteiger partial charge < -0.3 is 11.1 Å². The van der Waals surface area contributed by atoms with Crippen molar-refractivity contribution in [3.63, 3.8) is 0 Å². The maximum Gasteiger partial charge on any atom is 0.236 e. The Morgan fingerprint density at radius 2 is 1.94 bits per heavy atom. The minimum Gasteiger partial charge on any atom is -0.354 e. The van der Waals surface area contributed by atoms with Crippen LogP contribution in [0.5, 0.6) is 0 Å². The largest absolute Gasteiger partial charge is 0.354 e. The highest BCUT2D eigenvalue weighted by atomic mass is 35.5. The van der Waals surface area contributed by atoms with Gasteiger partial charge in [0.2, 0.25) is 5.91 Å². The second kappa shape index (κ2) is 7.25. The van der Waals surface area contributed by atoms with E-state index in [-0.39, 0.29) is 18.3 Å². The summed E-state index contributed by atoms with van der Waals surface area (Å²) in [5.41, 5.74) is 7.90. The molecule has 0 saturated carbocycles. The van der Waals surface area contributed by atoms with Gasteiger partial charge >= 0.3 is 0 Å². The van der Waals surface area contributed by atoms with Gasteiger partial charge in [0.15, 0.2) is 0 Å². The quantitative estimate of drug-likeness (QED) is 0.839. The summed E-state index contributed by atoms with van der Waals surface area (Å²) < 4.78 is 0. The topological polar surface area (TPSA) is 55.1 Å². The lowest BCUT2D eigenvalue weighted by atomic mass is 10.1. The van der Waals surface area contributed by atoms with Crippen molar-refractivity contribution in [2.24, 2.45) is 5.73 Å². The normalized spacial score (nSPS) is 11.4. The first-order valence-corrected chi connectivity index (χ1v) is 5.18. The molecule has 0 aliphatic carbocycles. The Balaban J connectivity index is 0.00000225. The van der Waals surface area contributed by atoms with E-state index in [0.717, 1.165) is 6.42 Å². The zero-order valence-electron chi connectivity index (χ0n) is 9.69. The van der Waals surface area contributed by atoms with Crippen LogP contribution in [0.15, 0.2) is 24.3 Å². The molecular formula is C12H19ClN2O. The van der Waals surface area contributed by atoms with Crippen LogP contribution in [0.3, 0.4) is 0 Å². The van der Waals surface area contributed by atoms with E-state index in [0.29, 0.717) is 6.54 Å². The first-order chi connectivity index (χ1) is 7.09. The Bertz CT molecular complexity index is 322. The molecule has 1 atom stereocenters. The minimum absolute atomic E-state index is 0. The average Bonchev–Trinajstić information content (AvgIpc) is 2.20. The molecular weight excluding hydrogens is 224 g/mol. The molecule has 16 heavy (non-hydrogen) atoms. The second-order valence-electron chi connectivity index (χ2n) is 3.82. The Labute approximate surface area is 103 Å². The summed E-state index contributed by atoms with van der Waals surface area (Å²) in [4.78, 5) is 11.2. The third kappa shape index (κ3) is 5.14. The lowest BCUT2D eigenvalue weighted by molar-refractivity contribution is -0.121. The lowest BCUT2D eigenvalue weighted by Crippen LogP contribution is -2.39. The standard InChI is InChI=1S/C12H18N2O.ClH/c1-9-3-5-11(6-4-9)7-8-14-12(15)10(2)13;/h3-6,10H,7-8,13H2,1-2H3,(H,14,15);1H/t10-;/m0./s1. The highest BCUT2D eigenvalue weighted by molar-refractivity contribution is 5.85. The van der Waals surface area contributed by atoms with Crippen molar-refractivity contribution < 1.29 is 4.79 Å². The number of nitrogens with two attached hydrogens (primary N) is 1. The zero-order chi connectivity index (χ0) is 11.3. The molecule has 1 amide bonds. The average molecular weight is 243 g/mol. The predicted octanol–water partition coefficient (Wildman–Crippen LogP) is 1.42. The number of aryl methyl sites for hydroxylation is 1. The molecule has 3 N–H and O–H groups in total. The van der Waals surface area contributed by atoms with Crippen LogP contribution >= 0.6 is 12.4 Å². The summed E-state index contributed by atoms with van der Waals surface area (Å²) in [5.74, 6) is -0.0953. The van der Waals surface area contributed by atoms with E-state index in [4.69, 9.17) is 5.73 Å². The van der Waals surface area contributed by atoms with Gasteiger partial charge in [-0.1, -0.05) is 29.8 Å². The van der Waals surface area contributed by atoms with Gasteiger partial charge in [0.05, 0.1) is 6.04 Å². The Morgan fingerprint density at radius 1 is 1.38 bits per heavy atom. The van der Waals surface area contributed by atoms with E-state index >= 15 is 0 Å². The number of hydrogen-bond acceptors (Lipinski definition) is 2. The lowest BCUT2D eigenvalue weighted by Gasteiger charge is -2.07. The summed E-state index contributed by atoms with van der Waals surface area (Å²) in [6.07, 6.45) is 0.846. The number of carbonyl (C=O) groups excluding carboxylic acids is 1. The van der Waals surface area contributed by atoms with Crippen LogP contribution < -0.4 is 11.1 Å². The van der Waals surface area contributed by atoms with E-state index in [1.165, 1.54) is 11.1 Å². The third-order valence-corrected chi connectivity index (χ3v) is 2.25. The summed E-state index contributed by atoms with van der Waals surface area (Å²) in [6.45, 7) is 4.38. The van der Waals surface area contributed by atoms with Gasteiger partial charge in [-0.15, -0.1) is 12.4 Å². The fourth-order valence-electron chi connectivity index (χ4n) is 1.25. The van der Waals surface area contributed by atoms with Crippen LogP contribution in [0.1, 0.15) is 18.1 Å². The van der Waals surface area contributed by atoms with E-state index in [1.54, 1.807) is 6.92 Å². The maximum atomic E-state index is 11.2. The predicted molar refractivity (Wildman–Crippen MR) is 68.8 cm³/mol. The number of halogens is 1. The van der Waals surface area contributed by atoms with Crippen LogP contribution in [-0.2, 0) is 11.2 Å². The highest BCUT2D eigenvalue weighted by Gasteiger charge is 2.05. The number of rotatable bonds is 4. The smallest absolute Gasteiger partial charge is 0.236 e. The first kappa shape index (κ1) is 14.9. The van der Waals surface area contributed by atoms with Crippen molar-refractivity contribution in [2.45, 2.75) is 26.3 Å². The van der Waals surface area contributed by atoms with Crippen molar-refractivity contribution >= 4 is 18.3 Å².